The number of nitrogens with zero attached hydrogens (tertiary/aromatic N) is 5. The number of hydrogen-bond donors (Lipinski definition) is 0. The zero-order valence-electron chi connectivity index (χ0n) is 15.8. The van der Waals surface area contributed by atoms with Crippen molar-refractivity contribution in [2.45, 2.75) is 19.4 Å². The zero-order chi connectivity index (χ0) is 22.5. The van der Waals surface area contributed by atoms with Gasteiger partial charge in [0, 0.05) is 5.56 Å². The van der Waals surface area contributed by atoms with E-state index in [0.717, 1.165) is 17.0 Å². The average molecular weight is 435 g/mol. The topological polar surface area (TPSA) is 103 Å². The minimum atomic E-state index is -3.14. The summed E-state index contributed by atoms with van der Waals surface area (Å²) in [4.78, 5) is 16.5. The van der Waals surface area contributed by atoms with Gasteiger partial charge in [-0.2, -0.15) is 5.26 Å². The largest absolute Gasteiger partial charge is 0.480 e. The molecular weight excluding hydrogens is 422 g/mol. The summed E-state index contributed by atoms with van der Waals surface area (Å²) in [6.07, 6.45) is -5.24. The van der Waals surface area contributed by atoms with E-state index in [2.05, 4.69) is 15.2 Å². The highest BCUT2D eigenvalue weighted by Gasteiger charge is 2.23. The molecule has 1 aromatic carbocycles. The molecule has 2 aromatic heterocycles. The highest BCUT2D eigenvalue weighted by atomic mass is 19.3. The van der Waals surface area contributed by atoms with E-state index in [1.165, 1.54) is 31.4 Å². The van der Waals surface area contributed by atoms with E-state index in [9.17, 15) is 22.4 Å². The van der Waals surface area contributed by atoms with Gasteiger partial charge in [-0.3, -0.25) is 9.36 Å². The third kappa shape index (κ3) is 4.61. The van der Waals surface area contributed by atoms with E-state index < -0.39 is 35.5 Å². The molecule has 0 amide bonds. The first-order valence-electron chi connectivity index (χ1n) is 8.58. The van der Waals surface area contributed by atoms with Crippen molar-refractivity contribution in [3.8, 4) is 23.4 Å². The zero-order valence-corrected chi connectivity index (χ0v) is 15.8. The molecule has 31 heavy (non-hydrogen) atoms. The fourth-order valence-corrected chi connectivity index (χ4v) is 2.62. The molecule has 0 spiro atoms. The number of methoxy groups -OCH3 is 1. The lowest BCUT2D eigenvalue weighted by atomic mass is 10.2. The third-order valence-corrected chi connectivity index (χ3v) is 4.06. The standard InChI is InChI=1S/C19H13F4N5O3/c1-30-18-11(6-12(16(20)21)26-27-18)8-28-9-25-14(17(22)23)15(19(28)29)31-13-5-3-2-4-10(13)7-24/h2-6,9,16-17H,8H2,1H3. The predicted octanol–water partition coefficient (Wildman–Crippen LogP) is 3.63. The summed E-state index contributed by atoms with van der Waals surface area (Å²) in [5.41, 5.74) is -2.54. The quantitative estimate of drug-likeness (QED) is 0.522. The molecule has 8 nitrogen and oxygen atoms in total. The Morgan fingerprint density at radius 3 is 2.55 bits per heavy atom. The molecule has 160 valence electrons. The van der Waals surface area contributed by atoms with Crippen LogP contribution in [0.15, 0.2) is 41.5 Å². The predicted molar refractivity (Wildman–Crippen MR) is 97.3 cm³/mol. The number of nitriles is 1. The van der Waals surface area contributed by atoms with Gasteiger partial charge in [-0.25, -0.2) is 22.5 Å². The Labute approximate surface area is 172 Å². The second-order valence-corrected chi connectivity index (χ2v) is 6.01. The molecule has 0 aliphatic rings. The molecular formula is C19H13F4N5O3. The van der Waals surface area contributed by atoms with Crippen LogP contribution >= 0.6 is 0 Å². The van der Waals surface area contributed by atoms with Crippen LogP contribution in [0.4, 0.5) is 17.6 Å². The summed E-state index contributed by atoms with van der Waals surface area (Å²) in [6.45, 7) is -0.385. The maximum Gasteiger partial charge on any atom is 0.297 e. The van der Waals surface area contributed by atoms with Gasteiger partial charge < -0.3 is 9.47 Å². The Morgan fingerprint density at radius 1 is 1.16 bits per heavy atom. The highest BCUT2D eigenvalue weighted by molar-refractivity contribution is 5.45. The normalized spacial score (nSPS) is 10.9. The lowest BCUT2D eigenvalue weighted by molar-refractivity contribution is 0.141. The minimum Gasteiger partial charge on any atom is -0.480 e. The highest BCUT2D eigenvalue weighted by Crippen LogP contribution is 2.30. The van der Waals surface area contributed by atoms with Gasteiger partial charge >= 0.3 is 0 Å². The molecule has 0 saturated carbocycles. The molecule has 0 aliphatic heterocycles. The molecule has 3 aromatic rings. The number of halogens is 4. The molecule has 0 fully saturated rings. The number of rotatable bonds is 7. The van der Waals surface area contributed by atoms with E-state index in [4.69, 9.17) is 14.7 Å². The SMILES string of the molecule is COc1nnc(C(F)F)cc1Cn1cnc(C(F)F)c(Oc2ccccc2C#N)c1=O. The second-order valence-electron chi connectivity index (χ2n) is 6.01. The van der Waals surface area contributed by atoms with Crippen molar-refractivity contribution < 1.29 is 27.0 Å². The number of ether oxygens (including phenoxy) is 2. The number of benzene rings is 1. The summed E-state index contributed by atoms with van der Waals surface area (Å²) in [5.74, 6) is -1.05. The van der Waals surface area contributed by atoms with Gasteiger partial charge in [-0.15, -0.1) is 10.2 Å². The van der Waals surface area contributed by atoms with Crippen LogP contribution in [-0.2, 0) is 6.54 Å². The van der Waals surface area contributed by atoms with Gasteiger partial charge in [0.1, 0.15) is 17.5 Å². The molecule has 0 atom stereocenters. The fourth-order valence-electron chi connectivity index (χ4n) is 2.62. The summed E-state index contributed by atoms with van der Waals surface area (Å²) in [6, 6.07) is 8.54. The second kappa shape index (κ2) is 9.21. The number of alkyl halides is 4. The van der Waals surface area contributed by atoms with Crippen molar-refractivity contribution in [1.29, 1.82) is 5.26 Å². The van der Waals surface area contributed by atoms with Crippen LogP contribution in [0.1, 0.15) is 35.4 Å². The van der Waals surface area contributed by atoms with Crippen molar-refractivity contribution in [2.24, 2.45) is 0 Å². The van der Waals surface area contributed by atoms with Crippen LogP contribution in [0.2, 0.25) is 0 Å². The molecule has 12 heteroatoms. The molecule has 0 bridgehead atoms. The van der Waals surface area contributed by atoms with Crippen molar-refractivity contribution in [1.82, 2.24) is 19.7 Å². The summed E-state index contributed by atoms with van der Waals surface area (Å²) in [5, 5.41) is 16.0. The lowest BCUT2D eigenvalue weighted by Gasteiger charge is -2.14. The van der Waals surface area contributed by atoms with Crippen LogP contribution < -0.4 is 15.0 Å². The molecule has 0 N–H and O–H groups in total. The van der Waals surface area contributed by atoms with Gasteiger partial charge in [0.25, 0.3) is 18.4 Å². The van der Waals surface area contributed by atoms with Crippen molar-refractivity contribution >= 4 is 0 Å². The van der Waals surface area contributed by atoms with E-state index in [1.54, 1.807) is 0 Å². The lowest BCUT2D eigenvalue weighted by Crippen LogP contribution is -2.24. The Kier molecular flexibility index (Phi) is 6.44. The number of para-hydroxylation sites is 1. The monoisotopic (exact) mass is 435 g/mol. The van der Waals surface area contributed by atoms with Crippen LogP contribution in [0.3, 0.4) is 0 Å². The van der Waals surface area contributed by atoms with Crippen molar-refractivity contribution in [3.05, 3.63) is 69.5 Å². The van der Waals surface area contributed by atoms with Gasteiger partial charge in [-0.1, -0.05) is 12.1 Å². The Balaban J connectivity index is 2.08. The third-order valence-electron chi connectivity index (χ3n) is 4.06. The Morgan fingerprint density at radius 2 is 1.90 bits per heavy atom. The molecule has 0 aliphatic carbocycles. The smallest absolute Gasteiger partial charge is 0.297 e. The first-order valence-corrected chi connectivity index (χ1v) is 8.58. The van der Waals surface area contributed by atoms with Crippen molar-refractivity contribution in [2.75, 3.05) is 7.11 Å². The number of aromatic nitrogens is 4. The molecule has 0 radical (unpaired) electrons. The fraction of sp³-hybridized carbons (Fsp3) is 0.211. The average Bonchev–Trinajstić information content (AvgIpc) is 2.76. The van der Waals surface area contributed by atoms with E-state index in [-0.39, 0.29) is 29.3 Å². The maximum atomic E-state index is 13.4. The first kappa shape index (κ1) is 21.7. The minimum absolute atomic E-state index is 0.0131. The Hall–Kier alpha value is -4.01. The van der Waals surface area contributed by atoms with Crippen LogP contribution in [0.5, 0.6) is 17.4 Å². The van der Waals surface area contributed by atoms with Gasteiger partial charge in [0.05, 0.1) is 25.5 Å². The molecule has 3 rings (SSSR count). The van der Waals surface area contributed by atoms with Gasteiger partial charge in [0.2, 0.25) is 11.6 Å². The summed E-state index contributed by atoms with van der Waals surface area (Å²) in [7, 11) is 1.23. The van der Waals surface area contributed by atoms with Crippen LogP contribution in [0.25, 0.3) is 0 Å². The molecule has 0 unspecified atom stereocenters. The molecule has 0 saturated heterocycles. The number of hydrogen-bond acceptors (Lipinski definition) is 7. The van der Waals surface area contributed by atoms with E-state index in [1.807, 2.05) is 6.07 Å². The van der Waals surface area contributed by atoms with Gasteiger partial charge in [-0.05, 0) is 18.2 Å². The van der Waals surface area contributed by atoms with E-state index >= 15 is 0 Å². The van der Waals surface area contributed by atoms with Crippen LogP contribution in [0, 0.1) is 11.3 Å². The Bertz CT molecular complexity index is 1190. The van der Waals surface area contributed by atoms with Gasteiger partial charge in [0.15, 0.2) is 5.69 Å². The summed E-state index contributed by atoms with van der Waals surface area (Å²) >= 11 is 0. The first-order chi connectivity index (χ1) is 14.8. The van der Waals surface area contributed by atoms with Crippen LogP contribution in [-0.4, -0.2) is 26.9 Å². The maximum absolute atomic E-state index is 13.4. The summed E-state index contributed by atoms with van der Waals surface area (Å²) < 4.78 is 64.0. The van der Waals surface area contributed by atoms with E-state index in [0.29, 0.717) is 0 Å². The molecule has 2 heterocycles. The van der Waals surface area contributed by atoms with Crippen molar-refractivity contribution in [3.63, 3.8) is 0 Å².